The fourth-order valence-electron chi connectivity index (χ4n) is 4.33. The van der Waals surface area contributed by atoms with E-state index in [1.807, 2.05) is 25.1 Å². The fourth-order valence-corrected chi connectivity index (χ4v) is 4.33. The molecule has 0 atom stereocenters. The molecule has 1 aliphatic carbocycles. The highest BCUT2D eigenvalue weighted by Crippen LogP contribution is 2.31. The van der Waals surface area contributed by atoms with E-state index < -0.39 is 0 Å². The zero-order chi connectivity index (χ0) is 18.4. The molecular weight excluding hydrogens is 334 g/mol. The second kappa shape index (κ2) is 6.54. The van der Waals surface area contributed by atoms with Crippen LogP contribution in [-0.4, -0.2) is 40.0 Å². The number of piperidine rings is 1. The lowest BCUT2D eigenvalue weighted by molar-refractivity contribution is 0.211. The van der Waals surface area contributed by atoms with Crippen LogP contribution in [0.3, 0.4) is 0 Å². The summed E-state index contributed by atoms with van der Waals surface area (Å²) in [6, 6.07) is 13.0. The van der Waals surface area contributed by atoms with E-state index in [9.17, 15) is 5.26 Å². The van der Waals surface area contributed by atoms with Crippen molar-refractivity contribution < 1.29 is 0 Å². The molecule has 3 heterocycles. The number of nitrogens with zero attached hydrogens (tertiary/aromatic N) is 4. The van der Waals surface area contributed by atoms with Gasteiger partial charge in [-0.25, -0.2) is 4.98 Å². The molecule has 0 spiro atoms. The van der Waals surface area contributed by atoms with Gasteiger partial charge in [-0.05, 0) is 62.3 Å². The molecule has 0 amide bonds. The van der Waals surface area contributed by atoms with Crippen LogP contribution < -0.4 is 5.32 Å². The number of fused-ring (bicyclic) bond motifs is 3. The summed E-state index contributed by atoms with van der Waals surface area (Å²) in [5.74, 6) is 2.02. The number of hydrogen-bond acceptors (Lipinski definition) is 4. The molecule has 1 aromatic carbocycles. The molecule has 2 fully saturated rings. The van der Waals surface area contributed by atoms with Gasteiger partial charge in [0.25, 0.3) is 0 Å². The first-order valence-corrected chi connectivity index (χ1v) is 10.0. The van der Waals surface area contributed by atoms with E-state index in [0.29, 0.717) is 11.6 Å². The number of nitrogens with one attached hydrogen (secondary N) is 1. The summed E-state index contributed by atoms with van der Waals surface area (Å²) in [7, 11) is 0. The SMILES string of the molecule is Cc1cc(NC2CCN(CC3CC3)CC2)n2c(nc3ccccc32)c1C#N. The number of hydrogen-bond donors (Lipinski definition) is 1. The van der Waals surface area contributed by atoms with Crippen LogP contribution in [0.4, 0.5) is 5.82 Å². The minimum atomic E-state index is 0.470. The maximum atomic E-state index is 9.63. The second-order valence-corrected chi connectivity index (χ2v) is 8.12. The Kier molecular flexibility index (Phi) is 4.02. The van der Waals surface area contributed by atoms with Gasteiger partial charge in [0.05, 0.1) is 16.6 Å². The number of benzene rings is 1. The largest absolute Gasteiger partial charge is 0.368 e. The molecular formula is C22H25N5. The molecule has 0 unspecified atom stereocenters. The van der Waals surface area contributed by atoms with Crippen LogP contribution in [0.15, 0.2) is 30.3 Å². The number of rotatable bonds is 4. The van der Waals surface area contributed by atoms with Crippen molar-refractivity contribution in [3.8, 4) is 6.07 Å². The van der Waals surface area contributed by atoms with Crippen molar-refractivity contribution in [2.24, 2.45) is 5.92 Å². The maximum Gasteiger partial charge on any atom is 0.157 e. The molecule has 2 aromatic heterocycles. The smallest absolute Gasteiger partial charge is 0.157 e. The van der Waals surface area contributed by atoms with Gasteiger partial charge in [-0.3, -0.25) is 4.40 Å². The van der Waals surface area contributed by atoms with Crippen molar-refractivity contribution in [3.63, 3.8) is 0 Å². The predicted molar refractivity (Wildman–Crippen MR) is 108 cm³/mol. The molecule has 3 aromatic rings. The lowest BCUT2D eigenvalue weighted by Crippen LogP contribution is -2.40. The number of likely N-dealkylation sites (tertiary alicyclic amines) is 1. The molecule has 5 heteroatoms. The Labute approximate surface area is 159 Å². The highest BCUT2D eigenvalue weighted by molar-refractivity contribution is 5.85. The van der Waals surface area contributed by atoms with Crippen LogP contribution in [0, 0.1) is 24.2 Å². The standard InChI is InChI=1S/C22H25N5/c1-15-12-21(24-17-8-10-26(11-9-17)14-16-6-7-16)27-20-5-3-2-4-19(20)25-22(27)18(15)13-23/h2-5,12,16-17,24H,6-11,14H2,1H3. The number of nitriles is 1. The van der Waals surface area contributed by atoms with Crippen LogP contribution in [0.1, 0.15) is 36.8 Å². The quantitative estimate of drug-likeness (QED) is 0.766. The number of imidazole rings is 1. The predicted octanol–water partition coefficient (Wildman–Crippen LogP) is 3.95. The van der Waals surface area contributed by atoms with Gasteiger partial charge in [-0.1, -0.05) is 12.1 Å². The molecule has 5 nitrogen and oxygen atoms in total. The lowest BCUT2D eigenvalue weighted by Gasteiger charge is -2.33. The fraction of sp³-hybridized carbons (Fsp3) is 0.455. The van der Waals surface area contributed by atoms with Gasteiger partial charge in [-0.15, -0.1) is 0 Å². The lowest BCUT2D eigenvalue weighted by atomic mass is 10.0. The van der Waals surface area contributed by atoms with Crippen molar-refractivity contribution in [2.45, 2.75) is 38.6 Å². The monoisotopic (exact) mass is 359 g/mol. The molecule has 1 saturated carbocycles. The van der Waals surface area contributed by atoms with E-state index >= 15 is 0 Å². The van der Waals surface area contributed by atoms with Crippen LogP contribution in [0.5, 0.6) is 0 Å². The van der Waals surface area contributed by atoms with Gasteiger partial charge in [0, 0.05) is 25.7 Å². The Hall–Kier alpha value is -2.58. The van der Waals surface area contributed by atoms with E-state index in [1.165, 1.54) is 45.3 Å². The number of anilines is 1. The average Bonchev–Trinajstić information content (AvgIpc) is 3.40. The third-order valence-corrected chi connectivity index (χ3v) is 6.04. The van der Waals surface area contributed by atoms with Crippen molar-refractivity contribution in [3.05, 3.63) is 41.5 Å². The van der Waals surface area contributed by atoms with E-state index in [2.05, 4.69) is 32.8 Å². The minimum absolute atomic E-state index is 0.470. The van der Waals surface area contributed by atoms with Gasteiger partial charge < -0.3 is 10.2 Å². The Bertz CT molecular complexity index is 1030. The molecule has 27 heavy (non-hydrogen) atoms. The molecule has 1 aliphatic heterocycles. The van der Waals surface area contributed by atoms with Crippen LogP contribution in [0.25, 0.3) is 16.7 Å². The number of aromatic nitrogens is 2. The summed E-state index contributed by atoms with van der Waals surface area (Å²) >= 11 is 0. The topological polar surface area (TPSA) is 56.4 Å². The van der Waals surface area contributed by atoms with Crippen LogP contribution in [0.2, 0.25) is 0 Å². The summed E-state index contributed by atoms with van der Waals surface area (Å²) in [5, 5.41) is 13.4. The Morgan fingerprint density at radius 2 is 1.96 bits per heavy atom. The number of aryl methyl sites for hydroxylation is 1. The third kappa shape index (κ3) is 3.04. The Morgan fingerprint density at radius 1 is 1.19 bits per heavy atom. The van der Waals surface area contributed by atoms with Gasteiger partial charge >= 0.3 is 0 Å². The van der Waals surface area contributed by atoms with Crippen molar-refractivity contribution in [2.75, 3.05) is 25.0 Å². The zero-order valence-corrected chi connectivity index (χ0v) is 15.8. The zero-order valence-electron chi connectivity index (χ0n) is 15.8. The Morgan fingerprint density at radius 3 is 2.70 bits per heavy atom. The Balaban J connectivity index is 1.47. The summed E-state index contributed by atoms with van der Waals surface area (Å²) < 4.78 is 2.12. The first-order chi connectivity index (χ1) is 13.2. The van der Waals surface area contributed by atoms with E-state index in [1.54, 1.807) is 0 Å². The molecule has 0 radical (unpaired) electrons. The molecule has 1 N–H and O–H groups in total. The van der Waals surface area contributed by atoms with Crippen molar-refractivity contribution in [1.29, 1.82) is 5.26 Å². The molecule has 0 bridgehead atoms. The third-order valence-electron chi connectivity index (χ3n) is 6.04. The number of pyridine rings is 1. The second-order valence-electron chi connectivity index (χ2n) is 8.12. The molecule has 138 valence electrons. The van der Waals surface area contributed by atoms with E-state index in [0.717, 1.165) is 34.0 Å². The van der Waals surface area contributed by atoms with Gasteiger partial charge in [0.15, 0.2) is 5.65 Å². The molecule has 5 rings (SSSR count). The summed E-state index contributed by atoms with van der Waals surface area (Å²) in [6.07, 6.45) is 5.18. The first kappa shape index (κ1) is 16.6. The van der Waals surface area contributed by atoms with Crippen LogP contribution in [-0.2, 0) is 0 Å². The number of para-hydroxylation sites is 2. The van der Waals surface area contributed by atoms with Crippen LogP contribution >= 0.6 is 0 Å². The highest BCUT2D eigenvalue weighted by atomic mass is 15.2. The summed E-state index contributed by atoms with van der Waals surface area (Å²) in [4.78, 5) is 7.37. The summed E-state index contributed by atoms with van der Waals surface area (Å²) in [6.45, 7) is 5.65. The first-order valence-electron chi connectivity index (χ1n) is 10.0. The molecule has 1 saturated heterocycles. The van der Waals surface area contributed by atoms with Gasteiger partial charge in [-0.2, -0.15) is 5.26 Å². The minimum Gasteiger partial charge on any atom is -0.368 e. The van der Waals surface area contributed by atoms with Crippen molar-refractivity contribution in [1.82, 2.24) is 14.3 Å². The normalized spacial score (nSPS) is 18.8. The van der Waals surface area contributed by atoms with Gasteiger partial charge in [0.1, 0.15) is 11.9 Å². The van der Waals surface area contributed by atoms with E-state index in [-0.39, 0.29) is 0 Å². The average molecular weight is 359 g/mol. The maximum absolute atomic E-state index is 9.63. The van der Waals surface area contributed by atoms with Crippen molar-refractivity contribution >= 4 is 22.5 Å². The van der Waals surface area contributed by atoms with E-state index in [4.69, 9.17) is 4.98 Å². The summed E-state index contributed by atoms with van der Waals surface area (Å²) in [5.41, 5.74) is 4.39. The highest BCUT2D eigenvalue weighted by Gasteiger charge is 2.27. The van der Waals surface area contributed by atoms with Gasteiger partial charge in [0.2, 0.25) is 0 Å². The molecule has 2 aliphatic rings.